The highest BCUT2D eigenvalue weighted by Crippen LogP contribution is 2.29. The predicted molar refractivity (Wildman–Crippen MR) is 101 cm³/mol. The van der Waals surface area contributed by atoms with E-state index in [4.69, 9.17) is 4.74 Å². The second kappa shape index (κ2) is 7.58. The van der Waals surface area contributed by atoms with Crippen molar-refractivity contribution in [2.75, 3.05) is 13.2 Å². The number of carbonyl (C=O) groups is 1. The average molecular weight is 362 g/mol. The molecule has 1 amide bonds. The first-order valence-electron chi connectivity index (χ1n) is 8.87. The Bertz CT molecular complexity index is 942. The molecule has 0 aliphatic carbocycles. The Balaban J connectivity index is 1.54. The van der Waals surface area contributed by atoms with Crippen molar-refractivity contribution in [2.45, 2.75) is 13.0 Å². The van der Waals surface area contributed by atoms with Gasteiger partial charge in [0.25, 0.3) is 0 Å². The van der Waals surface area contributed by atoms with Gasteiger partial charge in [-0.3, -0.25) is 9.78 Å². The number of pyridine rings is 1. The van der Waals surface area contributed by atoms with Gasteiger partial charge in [0.05, 0.1) is 13.0 Å². The van der Waals surface area contributed by atoms with Crippen molar-refractivity contribution in [3.05, 3.63) is 83.9 Å². The number of benzene rings is 2. The van der Waals surface area contributed by atoms with Crippen LogP contribution in [0.4, 0.5) is 4.39 Å². The van der Waals surface area contributed by atoms with Crippen molar-refractivity contribution in [1.82, 2.24) is 9.88 Å². The number of hydrogen-bond donors (Lipinski definition) is 0. The van der Waals surface area contributed by atoms with Gasteiger partial charge in [-0.1, -0.05) is 18.2 Å². The zero-order valence-corrected chi connectivity index (χ0v) is 14.8. The number of nitrogens with zero attached hydrogens (tertiary/aromatic N) is 2. The van der Waals surface area contributed by atoms with Crippen LogP contribution in [0.3, 0.4) is 0 Å². The fourth-order valence-electron chi connectivity index (χ4n) is 3.22. The summed E-state index contributed by atoms with van der Waals surface area (Å²) in [6.07, 6.45) is 3.77. The molecule has 5 heteroatoms. The van der Waals surface area contributed by atoms with E-state index in [1.165, 1.54) is 12.1 Å². The number of rotatable bonds is 3. The molecule has 2 aromatic carbocycles. The Kier molecular flexibility index (Phi) is 4.83. The number of carbonyl (C=O) groups excluding carboxylic acids is 1. The minimum Gasteiger partial charge on any atom is -0.491 e. The van der Waals surface area contributed by atoms with E-state index >= 15 is 0 Å². The van der Waals surface area contributed by atoms with Gasteiger partial charge in [0.2, 0.25) is 5.91 Å². The van der Waals surface area contributed by atoms with E-state index in [0.29, 0.717) is 19.7 Å². The number of aromatic nitrogens is 1. The molecular formula is C22H19FN2O2. The summed E-state index contributed by atoms with van der Waals surface area (Å²) in [5, 5.41) is 0. The first kappa shape index (κ1) is 17.2. The molecule has 27 heavy (non-hydrogen) atoms. The maximum atomic E-state index is 13.1. The first-order chi connectivity index (χ1) is 13.2. The number of fused-ring (bicyclic) bond motifs is 1. The predicted octanol–water partition coefficient (Wildman–Crippen LogP) is 3.85. The summed E-state index contributed by atoms with van der Waals surface area (Å²) in [5.41, 5.74) is 3.92. The number of halogens is 1. The molecule has 0 unspecified atom stereocenters. The molecule has 2 heterocycles. The van der Waals surface area contributed by atoms with Gasteiger partial charge >= 0.3 is 0 Å². The highest BCUT2D eigenvalue weighted by Gasteiger charge is 2.20. The van der Waals surface area contributed by atoms with Gasteiger partial charge in [0.1, 0.15) is 18.2 Å². The lowest BCUT2D eigenvalue weighted by molar-refractivity contribution is -0.131. The molecule has 0 fully saturated rings. The summed E-state index contributed by atoms with van der Waals surface area (Å²) >= 11 is 0. The van der Waals surface area contributed by atoms with Gasteiger partial charge in [0, 0.05) is 24.5 Å². The van der Waals surface area contributed by atoms with Crippen molar-refractivity contribution in [2.24, 2.45) is 0 Å². The summed E-state index contributed by atoms with van der Waals surface area (Å²) in [6.45, 7) is 1.48. The van der Waals surface area contributed by atoms with E-state index in [-0.39, 0.29) is 18.1 Å². The molecule has 4 rings (SSSR count). The number of hydrogen-bond acceptors (Lipinski definition) is 3. The molecule has 0 radical (unpaired) electrons. The first-order valence-corrected chi connectivity index (χ1v) is 8.87. The topological polar surface area (TPSA) is 42.4 Å². The standard InChI is InChI=1S/C22H19FN2O2/c23-20-4-1-16(2-5-20)13-22(26)25-11-12-27-21-6-3-18(14-19(21)15-25)17-7-9-24-10-8-17/h1-10,14H,11-13,15H2. The normalized spacial score (nSPS) is 13.4. The zero-order chi connectivity index (χ0) is 18.6. The average Bonchev–Trinajstić information content (AvgIpc) is 2.92. The summed E-state index contributed by atoms with van der Waals surface area (Å²) < 4.78 is 18.9. The van der Waals surface area contributed by atoms with E-state index in [0.717, 1.165) is 28.0 Å². The minimum absolute atomic E-state index is 0.00683. The molecule has 1 aliphatic heterocycles. The van der Waals surface area contributed by atoms with Crippen molar-refractivity contribution < 1.29 is 13.9 Å². The van der Waals surface area contributed by atoms with Gasteiger partial charge in [0.15, 0.2) is 0 Å². The molecule has 1 aromatic heterocycles. The lowest BCUT2D eigenvalue weighted by Crippen LogP contribution is -2.33. The van der Waals surface area contributed by atoms with Gasteiger partial charge in [-0.25, -0.2) is 4.39 Å². The van der Waals surface area contributed by atoms with E-state index in [1.807, 2.05) is 24.3 Å². The van der Waals surface area contributed by atoms with Crippen molar-refractivity contribution >= 4 is 5.91 Å². The van der Waals surface area contributed by atoms with E-state index in [1.54, 1.807) is 29.4 Å². The molecule has 4 nitrogen and oxygen atoms in total. The SMILES string of the molecule is O=C(Cc1ccc(F)cc1)N1CCOc2ccc(-c3ccncc3)cc2C1. The molecule has 0 saturated heterocycles. The lowest BCUT2D eigenvalue weighted by atomic mass is 10.0. The van der Waals surface area contributed by atoms with Crippen molar-refractivity contribution in [3.63, 3.8) is 0 Å². The third-order valence-electron chi connectivity index (χ3n) is 4.68. The smallest absolute Gasteiger partial charge is 0.227 e. The molecule has 0 spiro atoms. The highest BCUT2D eigenvalue weighted by atomic mass is 19.1. The Labute approximate surface area is 157 Å². The maximum Gasteiger partial charge on any atom is 0.227 e. The fraction of sp³-hybridized carbons (Fsp3) is 0.182. The van der Waals surface area contributed by atoms with Crippen LogP contribution < -0.4 is 4.74 Å². The highest BCUT2D eigenvalue weighted by molar-refractivity contribution is 5.79. The van der Waals surface area contributed by atoms with Crippen LogP contribution in [-0.2, 0) is 17.8 Å². The third-order valence-corrected chi connectivity index (χ3v) is 4.68. The molecule has 0 atom stereocenters. The van der Waals surface area contributed by atoms with Crippen LogP contribution in [0.5, 0.6) is 5.75 Å². The Morgan fingerprint density at radius 1 is 1.04 bits per heavy atom. The summed E-state index contributed by atoms with van der Waals surface area (Å²) in [4.78, 5) is 18.6. The van der Waals surface area contributed by atoms with Gasteiger partial charge in [-0.15, -0.1) is 0 Å². The van der Waals surface area contributed by atoms with Gasteiger partial charge in [-0.05, 0) is 53.1 Å². The molecule has 0 saturated carbocycles. The minimum atomic E-state index is -0.299. The Morgan fingerprint density at radius 3 is 2.59 bits per heavy atom. The van der Waals surface area contributed by atoms with Crippen molar-refractivity contribution in [3.8, 4) is 16.9 Å². The largest absolute Gasteiger partial charge is 0.491 e. The summed E-state index contributed by atoms with van der Waals surface area (Å²) in [7, 11) is 0. The van der Waals surface area contributed by atoms with Crippen LogP contribution in [0.2, 0.25) is 0 Å². The summed E-state index contributed by atoms with van der Waals surface area (Å²) in [5.74, 6) is 0.518. The van der Waals surface area contributed by atoms with Crippen LogP contribution in [0.1, 0.15) is 11.1 Å². The van der Waals surface area contributed by atoms with Crippen LogP contribution in [0, 0.1) is 5.82 Å². The van der Waals surface area contributed by atoms with Crippen LogP contribution >= 0.6 is 0 Å². The molecule has 136 valence electrons. The van der Waals surface area contributed by atoms with E-state index in [9.17, 15) is 9.18 Å². The number of amides is 1. The van der Waals surface area contributed by atoms with Gasteiger partial charge in [-0.2, -0.15) is 0 Å². The monoisotopic (exact) mass is 362 g/mol. The maximum absolute atomic E-state index is 13.1. The second-order valence-electron chi connectivity index (χ2n) is 6.53. The van der Waals surface area contributed by atoms with E-state index in [2.05, 4.69) is 11.1 Å². The Hall–Kier alpha value is -3.21. The zero-order valence-electron chi connectivity index (χ0n) is 14.8. The molecule has 0 N–H and O–H groups in total. The lowest BCUT2D eigenvalue weighted by Gasteiger charge is -2.20. The van der Waals surface area contributed by atoms with Gasteiger partial charge < -0.3 is 9.64 Å². The molecular weight excluding hydrogens is 343 g/mol. The Morgan fingerprint density at radius 2 is 1.81 bits per heavy atom. The van der Waals surface area contributed by atoms with E-state index < -0.39 is 0 Å². The third kappa shape index (κ3) is 3.97. The molecule has 1 aliphatic rings. The quantitative estimate of drug-likeness (QED) is 0.711. The van der Waals surface area contributed by atoms with Crippen LogP contribution in [-0.4, -0.2) is 28.9 Å². The number of ether oxygens (including phenoxy) is 1. The second-order valence-corrected chi connectivity index (χ2v) is 6.53. The van der Waals surface area contributed by atoms with Crippen molar-refractivity contribution in [1.29, 1.82) is 0 Å². The van der Waals surface area contributed by atoms with Crippen LogP contribution in [0.25, 0.3) is 11.1 Å². The molecule has 0 bridgehead atoms. The summed E-state index contributed by atoms with van der Waals surface area (Å²) in [6, 6.07) is 16.0. The molecule has 3 aromatic rings. The fourth-order valence-corrected chi connectivity index (χ4v) is 3.22. The van der Waals surface area contributed by atoms with Crippen LogP contribution in [0.15, 0.2) is 67.0 Å².